The first kappa shape index (κ1) is 15.7. The molecule has 1 aliphatic heterocycles. The fourth-order valence-corrected chi connectivity index (χ4v) is 3.50. The molecule has 3 rings (SSSR count). The highest BCUT2D eigenvalue weighted by Gasteiger charge is 2.24. The zero-order chi connectivity index (χ0) is 16.2. The summed E-state index contributed by atoms with van der Waals surface area (Å²) in [5.74, 6) is 0.0546. The molecule has 0 radical (unpaired) electrons. The zero-order valence-electron chi connectivity index (χ0n) is 13.0. The van der Waals surface area contributed by atoms with Crippen molar-refractivity contribution in [3.63, 3.8) is 0 Å². The quantitative estimate of drug-likeness (QED) is 0.917. The van der Waals surface area contributed by atoms with Crippen molar-refractivity contribution in [2.75, 3.05) is 11.4 Å². The molecular formula is C17H19N3O2S. The molecule has 2 heterocycles. The summed E-state index contributed by atoms with van der Waals surface area (Å²) in [5, 5.41) is 5.53. The van der Waals surface area contributed by atoms with Crippen molar-refractivity contribution in [3.8, 4) is 0 Å². The third-order valence-corrected chi connectivity index (χ3v) is 4.78. The molecule has 0 aliphatic carbocycles. The first-order valence-electron chi connectivity index (χ1n) is 7.72. The molecule has 0 saturated carbocycles. The molecule has 1 unspecified atom stereocenters. The molecular weight excluding hydrogens is 310 g/mol. The van der Waals surface area contributed by atoms with Crippen molar-refractivity contribution < 1.29 is 9.59 Å². The van der Waals surface area contributed by atoms with E-state index >= 15 is 0 Å². The lowest BCUT2D eigenvalue weighted by Gasteiger charge is -2.13. The van der Waals surface area contributed by atoms with Gasteiger partial charge in [-0.3, -0.25) is 14.5 Å². The van der Waals surface area contributed by atoms with Crippen molar-refractivity contribution in [1.82, 2.24) is 10.3 Å². The molecule has 6 heteroatoms. The normalized spacial score (nSPS) is 15.7. The lowest BCUT2D eigenvalue weighted by Crippen LogP contribution is -2.28. The van der Waals surface area contributed by atoms with Crippen LogP contribution >= 0.6 is 11.3 Å². The van der Waals surface area contributed by atoms with Crippen molar-refractivity contribution in [1.29, 1.82) is 0 Å². The van der Waals surface area contributed by atoms with Crippen LogP contribution in [0.15, 0.2) is 35.7 Å². The van der Waals surface area contributed by atoms with Crippen LogP contribution in [0.3, 0.4) is 0 Å². The number of thiazole rings is 1. The fourth-order valence-electron chi connectivity index (χ4n) is 2.63. The topological polar surface area (TPSA) is 62.3 Å². The number of hydrogen-bond acceptors (Lipinski definition) is 4. The molecule has 23 heavy (non-hydrogen) atoms. The maximum Gasteiger partial charge on any atom is 0.228 e. The number of nitrogens with one attached hydrogen (secondary N) is 1. The molecule has 120 valence electrons. The first-order chi connectivity index (χ1) is 11.1. The highest BCUT2D eigenvalue weighted by Crippen LogP contribution is 2.25. The standard InChI is InChI=1S/C17H19N3O2S/c1-12(13-6-3-2-4-7-13)18-15(21)10-14-11-23-17(19-14)20-9-5-8-16(20)22/h2-4,6-7,11-12H,5,8-10H2,1H3,(H,18,21). The Morgan fingerprint density at radius 1 is 1.39 bits per heavy atom. The molecule has 1 aromatic heterocycles. The van der Waals surface area contributed by atoms with Gasteiger partial charge in [-0.2, -0.15) is 0 Å². The van der Waals surface area contributed by atoms with Gasteiger partial charge in [0.25, 0.3) is 0 Å². The molecule has 2 amide bonds. The molecule has 5 nitrogen and oxygen atoms in total. The van der Waals surface area contributed by atoms with Crippen LogP contribution in [0.4, 0.5) is 5.13 Å². The lowest BCUT2D eigenvalue weighted by molar-refractivity contribution is -0.121. The molecule has 1 fully saturated rings. The molecule has 0 spiro atoms. The monoisotopic (exact) mass is 329 g/mol. The summed E-state index contributed by atoms with van der Waals surface area (Å²) in [4.78, 5) is 30.0. The van der Waals surface area contributed by atoms with Crippen LogP contribution in [-0.2, 0) is 16.0 Å². The number of nitrogens with zero attached hydrogens (tertiary/aromatic N) is 2. The number of aromatic nitrogens is 1. The maximum absolute atomic E-state index is 12.2. The fraction of sp³-hybridized carbons (Fsp3) is 0.353. The molecule has 2 aromatic rings. The third kappa shape index (κ3) is 3.76. The number of carbonyl (C=O) groups is 2. The van der Waals surface area contributed by atoms with E-state index in [0.717, 1.165) is 18.5 Å². The van der Waals surface area contributed by atoms with E-state index in [1.807, 2.05) is 42.6 Å². The van der Waals surface area contributed by atoms with Gasteiger partial charge < -0.3 is 5.32 Å². The van der Waals surface area contributed by atoms with Crippen LogP contribution in [0.5, 0.6) is 0 Å². The van der Waals surface area contributed by atoms with Gasteiger partial charge in [-0.25, -0.2) is 4.98 Å². The molecule has 1 N–H and O–H groups in total. The second-order valence-corrected chi connectivity index (χ2v) is 6.48. The minimum atomic E-state index is -0.0639. The predicted octanol–water partition coefficient (Wildman–Crippen LogP) is 2.69. The molecule has 1 aromatic carbocycles. The number of anilines is 1. The summed E-state index contributed by atoms with van der Waals surface area (Å²) in [6.07, 6.45) is 1.70. The third-order valence-electron chi connectivity index (χ3n) is 3.86. The van der Waals surface area contributed by atoms with E-state index in [-0.39, 0.29) is 24.3 Å². The van der Waals surface area contributed by atoms with Gasteiger partial charge in [0.2, 0.25) is 11.8 Å². The smallest absolute Gasteiger partial charge is 0.228 e. The number of rotatable bonds is 5. The largest absolute Gasteiger partial charge is 0.349 e. The average Bonchev–Trinajstić information content (AvgIpc) is 3.16. The SMILES string of the molecule is CC(NC(=O)Cc1csc(N2CCCC2=O)n1)c1ccccc1. The van der Waals surface area contributed by atoms with Gasteiger partial charge in [-0.1, -0.05) is 30.3 Å². The van der Waals surface area contributed by atoms with Gasteiger partial charge in [-0.15, -0.1) is 11.3 Å². The Morgan fingerprint density at radius 3 is 2.87 bits per heavy atom. The van der Waals surface area contributed by atoms with E-state index in [1.165, 1.54) is 11.3 Å². The minimum Gasteiger partial charge on any atom is -0.349 e. The summed E-state index contributed by atoms with van der Waals surface area (Å²) in [7, 11) is 0. The highest BCUT2D eigenvalue weighted by molar-refractivity contribution is 7.14. The second kappa shape index (κ2) is 6.91. The van der Waals surface area contributed by atoms with Gasteiger partial charge in [0.1, 0.15) is 0 Å². The number of benzene rings is 1. The van der Waals surface area contributed by atoms with E-state index in [9.17, 15) is 9.59 Å². The molecule has 1 saturated heterocycles. The van der Waals surface area contributed by atoms with Crippen molar-refractivity contribution in [2.45, 2.75) is 32.2 Å². The lowest BCUT2D eigenvalue weighted by atomic mass is 10.1. The maximum atomic E-state index is 12.2. The Morgan fingerprint density at radius 2 is 2.17 bits per heavy atom. The average molecular weight is 329 g/mol. The van der Waals surface area contributed by atoms with Gasteiger partial charge in [0, 0.05) is 18.3 Å². The summed E-state index contributed by atoms with van der Waals surface area (Å²) in [5.41, 5.74) is 1.78. The molecule has 1 atom stereocenters. The van der Waals surface area contributed by atoms with Crippen molar-refractivity contribution in [2.24, 2.45) is 0 Å². The van der Waals surface area contributed by atoms with E-state index in [1.54, 1.807) is 4.90 Å². The highest BCUT2D eigenvalue weighted by atomic mass is 32.1. The van der Waals surface area contributed by atoms with Crippen LogP contribution in [0.2, 0.25) is 0 Å². The second-order valence-electron chi connectivity index (χ2n) is 5.65. The van der Waals surface area contributed by atoms with Gasteiger partial charge in [0.05, 0.1) is 18.2 Å². The van der Waals surface area contributed by atoms with Gasteiger partial charge >= 0.3 is 0 Å². The van der Waals surface area contributed by atoms with Crippen molar-refractivity contribution in [3.05, 3.63) is 47.0 Å². The zero-order valence-corrected chi connectivity index (χ0v) is 13.8. The summed E-state index contributed by atoms with van der Waals surface area (Å²) < 4.78 is 0. The van der Waals surface area contributed by atoms with Crippen LogP contribution in [0, 0.1) is 0 Å². The Balaban J connectivity index is 1.58. The summed E-state index contributed by atoms with van der Waals surface area (Å²) >= 11 is 1.42. The Hall–Kier alpha value is -2.21. The first-order valence-corrected chi connectivity index (χ1v) is 8.60. The van der Waals surface area contributed by atoms with E-state index in [0.29, 0.717) is 17.2 Å². The number of amides is 2. The van der Waals surface area contributed by atoms with Gasteiger partial charge in [-0.05, 0) is 18.9 Å². The van der Waals surface area contributed by atoms with Crippen LogP contribution < -0.4 is 10.2 Å². The summed E-state index contributed by atoms with van der Waals surface area (Å²) in [6, 6.07) is 9.81. The Labute approximate surface area is 139 Å². The molecule has 1 aliphatic rings. The van der Waals surface area contributed by atoms with E-state index < -0.39 is 0 Å². The van der Waals surface area contributed by atoms with Gasteiger partial charge in [0.15, 0.2) is 5.13 Å². The minimum absolute atomic E-state index is 0.0398. The van der Waals surface area contributed by atoms with E-state index in [4.69, 9.17) is 0 Å². The van der Waals surface area contributed by atoms with Crippen LogP contribution in [0.25, 0.3) is 0 Å². The summed E-state index contributed by atoms with van der Waals surface area (Å²) in [6.45, 7) is 2.69. The number of hydrogen-bond donors (Lipinski definition) is 1. The van der Waals surface area contributed by atoms with Crippen LogP contribution in [-0.4, -0.2) is 23.3 Å². The predicted molar refractivity (Wildman–Crippen MR) is 90.4 cm³/mol. The number of carbonyl (C=O) groups excluding carboxylic acids is 2. The molecule has 0 bridgehead atoms. The Kier molecular flexibility index (Phi) is 4.71. The van der Waals surface area contributed by atoms with E-state index in [2.05, 4.69) is 10.3 Å². The van der Waals surface area contributed by atoms with Crippen LogP contribution in [0.1, 0.15) is 37.1 Å². The van der Waals surface area contributed by atoms with Crippen molar-refractivity contribution >= 4 is 28.3 Å². The Bertz CT molecular complexity index is 699.